The zero-order valence-corrected chi connectivity index (χ0v) is 36.4. The maximum atomic E-state index is 14.5. The number of imide groups is 2. The monoisotopic (exact) mass is 865 g/mol. The summed E-state index contributed by atoms with van der Waals surface area (Å²) in [5.41, 5.74) is 2.96. The number of unbranched alkanes of at least 4 members (excludes halogenated alkanes) is 6. The van der Waals surface area contributed by atoms with Crippen molar-refractivity contribution in [2.45, 2.75) is 84.1 Å². The van der Waals surface area contributed by atoms with Crippen LogP contribution >= 0.6 is 0 Å². The summed E-state index contributed by atoms with van der Waals surface area (Å²) in [5.74, 6) is -2.17. The first-order chi connectivity index (χ1) is 31.6. The molecule has 0 aromatic heterocycles. The predicted molar refractivity (Wildman–Crippen MR) is 250 cm³/mol. The van der Waals surface area contributed by atoms with Gasteiger partial charge in [-0.2, -0.15) is 0 Å². The van der Waals surface area contributed by atoms with Crippen molar-refractivity contribution >= 4 is 90.1 Å². The number of amides is 5. The molecule has 11 nitrogen and oxygen atoms in total. The minimum Gasteiger partial charge on any atom is -0.447 e. The van der Waals surface area contributed by atoms with Gasteiger partial charge in [0.15, 0.2) is 11.6 Å². The van der Waals surface area contributed by atoms with E-state index in [9.17, 15) is 33.6 Å². The van der Waals surface area contributed by atoms with Gasteiger partial charge < -0.3 is 4.74 Å². The maximum absolute atomic E-state index is 14.5. The van der Waals surface area contributed by atoms with Gasteiger partial charge >= 0.3 is 6.09 Å². The summed E-state index contributed by atoms with van der Waals surface area (Å²) in [7, 11) is 0. The number of rotatable bonds is 15. The normalized spacial score (nSPS) is 14.4. The fourth-order valence-electron chi connectivity index (χ4n) is 10.4. The van der Waals surface area contributed by atoms with E-state index in [2.05, 4.69) is 19.2 Å². The molecule has 2 aliphatic heterocycles. The summed E-state index contributed by atoms with van der Waals surface area (Å²) < 4.78 is 5.41. The lowest BCUT2D eigenvalue weighted by atomic mass is 9.82. The highest BCUT2D eigenvalue weighted by Crippen LogP contribution is 2.46. The molecule has 1 N–H and O–H groups in total. The standard InChI is InChI=1S/C54H47N3O8/c1-3-5-7-9-13-31(14-10-8-6-4-2)57-52(62)41-25-21-34-32-19-23-39-46-40(24-20-33(44(32)46)35-22-26-42(53(57)63)47(41)45(34)35)51(61)56(50(39)60)27-28-65-54(64)55-30-17-18-38-43(29-30)49(59)37-16-12-11-15-36(37)48(38)58/h11-12,15-26,29,31H,3-10,13-14,27-28H2,1-2H3,(H,55,64). The SMILES string of the molecule is CCCCCCC(CCCCCC)N1C(=O)c2ccc3c4ccc5c6c(ccc(c7ccc(c2c37)C1=O)c64)C(=O)N(CCOC(=O)Nc1ccc2c(c1)C(=O)c1ccccc1C2=O)C5=O. The first kappa shape index (κ1) is 41.7. The van der Waals surface area contributed by atoms with Crippen molar-refractivity contribution < 1.29 is 38.3 Å². The van der Waals surface area contributed by atoms with Crippen LogP contribution in [0.4, 0.5) is 10.5 Å². The Morgan fingerprint density at radius 3 is 1.45 bits per heavy atom. The number of nitrogens with zero attached hydrogens (tertiary/aromatic N) is 2. The summed E-state index contributed by atoms with van der Waals surface area (Å²) in [6, 6.07) is 25.5. The summed E-state index contributed by atoms with van der Waals surface area (Å²) >= 11 is 0. The Kier molecular flexibility index (Phi) is 10.7. The van der Waals surface area contributed by atoms with Crippen molar-refractivity contribution in [3.8, 4) is 0 Å². The van der Waals surface area contributed by atoms with Gasteiger partial charge in [0.2, 0.25) is 0 Å². The van der Waals surface area contributed by atoms with E-state index in [4.69, 9.17) is 4.74 Å². The number of hydrogen-bond acceptors (Lipinski definition) is 8. The van der Waals surface area contributed by atoms with Crippen LogP contribution in [0.15, 0.2) is 91.0 Å². The van der Waals surface area contributed by atoms with Crippen molar-refractivity contribution in [1.29, 1.82) is 0 Å². The molecule has 0 bridgehead atoms. The molecule has 0 atom stereocenters. The fourth-order valence-corrected chi connectivity index (χ4v) is 10.4. The van der Waals surface area contributed by atoms with E-state index in [0.29, 0.717) is 44.2 Å². The molecule has 326 valence electrons. The number of nitrogens with one attached hydrogen (secondary N) is 1. The molecule has 11 heteroatoms. The van der Waals surface area contributed by atoms with Crippen LogP contribution in [0.5, 0.6) is 0 Å². The van der Waals surface area contributed by atoms with Crippen LogP contribution in [0.3, 0.4) is 0 Å². The second kappa shape index (κ2) is 16.7. The van der Waals surface area contributed by atoms with Crippen molar-refractivity contribution in [2.75, 3.05) is 18.5 Å². The minimum absolute atomic E-state index is 0.167. The predicted octanol–water partition coefficient (Wildman–Crippen LogP) is 11.3. The molecule has 7 aromatic carbocycles. The van der Waals surface area contributed by atoms with Gasteiger partial charge in [-0.3, -0.25) is 43.9 Å². The van der Waals surface area contributed by atoms with Crippen LogP contribution in [0, 0.1) is 0 Å². The van der Waals surface area contributed by atoms with Crippen LogP contribution < -0.4 is 5.32 Å². The maximum Gasteiger partial charge on any atom is 0.411 e. The van der Waals surface area contributed by atoms with Gasteiger partial charge in [-0.15, -0.1) is 0 Å². The van der Waals surface area contributed by atoms with Crippen LogP contribution in [0.1, 0.15) is 151 Å². The number of anilines is 1. The van der Waals surface area contributed by atoms with Crippen molar-refractivity contribution in [3.05, 3.63) is 136 Å². The smallest absolute Gasteiger partial charge is 0.411 e. The Bertz CT molecular complexity index is 3070. The van der Waals surface area contributed by atoms with Crippen molar-refractivity contribution in [1.82, 2.24) is 9.80 Å². The molecule has 0 fully saturated rings. The highest BCUT2D eigenvalue weighted by Gasteiger charge is 2.39. The average molecular weight is 866 g/mol. The van der Waals surface area contributed by atoms with Crippen molar-refractivity contribution in [2.24, 2.45) is 0 Å². The third-order valence-electron chi connectivity index (χ3n) is 13.6. The zero-order valence-electron chi connectivity index (χ0n) is 36.4. The zero-order chi connectivity index (χ0) is 45.1. The van der Waals surface area contributed by atoms with Gasteiger partial charge in [-0.1, -0.05) is 114 Å². The second-order valence-electron chi connectivity index (χ2n) is 17.5. The first-order valence-electron chi connectivity index (χ1n) is 22.8. The third-order valence-corrected chi connectivity index (χ3v) is 13.6. The molecule has 7 aromatic rings. The molecule has 3 aliphatic rings. The number of benzene rings is 7. The number of ketones is 2. The van der Waals surface area contributed by atoms with E-state index in [1.165, 1.54) is 18.2 Å². The quantitative estimate of drug-likeness (QED) is 0.0463. The average Bonchev–Trinajstić information content (AvgIpc) is 3.32. The summed E-state index contributed by atoms with van der Waals surface area (Å²) in [4.78, 5) is 99.0. The third kappa shape index (κ3) is 6.74. The molecule has 0 radical (unpaired) electrons. The lowest BCUT2D eigenvalue weighted by Crippen LogP contribution is -2.47. The lowest BCUT2D eigenvalue weighted by Gasteiger charge is -2.35. The second-order valence-corrected chi connectivity index (χ2v) is 17.5. The number of ether oxygens (including phenoxy) is 1. The van der Waals surface area contributed by atoms with Crippen LogP contribution in [0.2, 0.25) is 0 Å². The Balaban J connectivity index is 0.905. The van der Waals surface area contributed by atoms with Gasteiger partial charge in [-0.05, 0) is 87.6 Å². The molecule has 65 heavy (non-hydrogen) atoms. The first-order valence-corrected chi connectivity index (χ1v) is 22.8. The highest BCUT2D eigenvalue weighted by molar-refractivity contribution is 6.41. The van der Waals surface area contributed by atoms with E-state index in [1.54, 1.807) is 41.3 Å². The molecule has 0 saturated heterocycles. The number of hydrogen-bond donors (Lipinski definition) is 1. The fraction of sp³-hybridized carbons (Fsp3) is 0.278. The van der Waals surface area contributed by atoms with Crippen LogP contribution in [0.25, 0.3) is 43.1 Å². The topological polar surface area (TPSA) is 147 Å². The van der Waals surface area contributed by atoms with Gasteiger partial charge in [0.05, 0.1) is 6.54 Å². The largest absolute Gasteiger partial charge is 0.447 e. The highest BCUT2D eigenvalue weighted by atomic mass is 16.5. The van der Waals surface area contributed by atoms with E-state index in [0.717, 1.165) is 101 Å². The molecular weight excluding hydrogens is 819 g/mol. The van der Waals surface area contributed by atoms with E-state index in [1.807, 2.05) is 36.4 Å². The molecule has 0 unspecified atom stereocenters. The molecule has 0 saturated carbocycles. The molecule has 1 aliphatic carbocycles. The Labute approximate surface area is 375 Å². The molecule has 0 spiro atoms. The Morgan fingerprint density at radius 1 is 0.508 bits per heavy atom. The summed E-state index contributed by atoms with van der Waals surface area (Å²) in [6.45, 7) is 3.83. The molecule has 2 heterocycles. The van der Waals surface area contributed by atoms with Gasteiger partial charge in [0.25, 0.3) is 23.6 Å². The van der Waals surface area contributed by atoms with Gasteiger partial charge in [-0.25, -0.2) is 4.79 Å². The van der Waals surface area contributed by atoms with E-state index < -0.39 is 17.9 Å². The summed E-state index contributed by atoms with van der Waals surface area (Å²) in [6.07, 6.45) is 9.24. The minimum atomic E-state index is -0.865. The van der Waals surface area contributed by atoms with Crippen LogP contribution in [-0.4, -0.2) is 70.3 Å². The van der Waals surface area contributed by atoms with Crippen molar-refractivity contribution in [3.63, 3.8) is 0 Å². The lowest BCUT2D eigenvalue weighted by molar-refractivity contribution is 0.0513. The number of carbonyl (C=O) groups is 7. The molecule has 5 amide bonds. The molecule has 10 rings (SSSR count). The molecular formula is C54H47N3O8. The van der Waals surface area contributed by atoms with Gasteiger partial charge in [0, 0.05) is 67.0 Å². The Hall–Kier alpha value is -7.27. The summed E-state index contributed by atoms with van der Waals surface area (Å²) in [5, 5.41) is 8.55. The van der Waals surface area contributed by atoms with E-state index >= 15 is 0 Å². The van der Waals surface area contributed by atoms with Gasteiger partial charge in [0.1, 0.15) is 6.61 Å². The Morgan fingerprint density at radius 2 is 0.954 bits per heavy atom. The number of carbonyl (C=O) groups excluding carboxylic acids is 7. The number of fused-ring (bicyclic) bond motifs is 4. The van der Waals surface area contributed by atoms with E-state index in [-0.39, 0.29) is 59.4 Å². The van der Waals surface area contributed by atoms with Crippen LogP contribution in [-0.2, 0) is 4.74 Å².